The van der Waals surface area contributed by atoms with Crippen LogP contribution in [-0.2, 0) is 16.1 Å². The number of amides is 1. The molecule has 1 aromatic heterocycles. The van der Waals surface area contributed by atoms with Crippen LogP contribution in [0.5, 0.6) is 0 Å². The van der Waals surface area contributed by atoms with Gasteiger partial charge in [0, 0.05) is 31.1 Å². The monoisotopic (exact) mass is 387 g/mol. The van der Waals surface area contributed by atoms with Crippen molar-refractivity contribution >= 4 is 11.8 Å². The normalized spacial score (nSPS) is 17.0. The van der Waals surface area contributed by atoms with Gasteiger partial charge in [0.25, 0.3) is 0 Å². The van der Waals surface area contributed by atoms with E-state index in [1.54, 1.807) is 18.2 Å². The van der Waals surface area contributed by atoms with Gasteiger partial charge in [-0.25, -0.2) is 4.39 Å². The van der Waals surface area contributed by atoms with Gasteiger partial charge in [-0.15, -0.1) is 0 Å². The first-order valence-corrected chi connectivity index (χ1v) is 10.0. The molecule has 1 amide bonds. The lowest BCUT2D eigenvalue weighted by atomic mass is 10.1. The molecule has 0 unspecified atom stereocenters. The number of carbonyl (C=O) groups excluding carboxylic acids is 1. The Hall–Kier alpha value is -2.41. The van der Waals surface area contributed by atoms with Gasteiger partial charge in [-0.1, -0.05) is 24.2 Å². The van der Waals surface area contributed by atoms with Crippen LogP contribution >= 0.6 is 0 Å². The molecule has 28 heavy (non-hydrogen) atoms. The highest BCUT2D eigenvalue weighted by Crippen LogP contribution is 2.36. The van der Waals surface area contributed by atoms with Crippen molar-refractivity contribution in [1.82, 2.24) is 10.1 Å². The van der Waals surface area contributed by atoms with Crippen LogP contribution in [0, 0.1) is 11.7 Å². The maximum Gasteiger partial charge on any atom is 0.233 e. The van der Waals surface area contributed by atoms with Crippen LogP contribution < -0.4 is 4.90 Å². The molecule has 0 spiro atoms. The van der Waals surface area contributed by atoms with Crippen molar-refractivity contribution < 1.29 is 18.4 Å². The second-order valence-electron chi connectivity index (χ2n) is 7.43. The van der Waals surface area contributed by atoms with Crippen molar-refractivity contribution in [2.24, 2.45) is 5.92 Å². The lowest BCUT2D eigenvalue weighted by molar-refractivity contribution is -0.133. The Bertz CT molecular complexity index is 828. The summed E-state index contributed by atoms with van der Waals surface area (Å²) in [4.78, 5) is 16.7. The van der Waals surface area contributed by atoms with Crippen molar-refractivity contribution in [2.45, 2.75) is 32.7 Å². The summed E-state index contributed by atoms with van der Waals surface area (Å²) in [6, 6.07) is 6.56. The maximum absolute atomic E-state index is 14.5. The first-order valence-electron chi connectivity index (χ1n) is 10.0. The quantitative estimate of drug-likeness (QED) is 0.728. The molecule has 0 N–H and O–H groups in total. The number of carbonyl (C=O) groups is 1. The minimum absolute atomic E-state index is 0.134. The molecule has 1 aliphatic carbocycles. The summed E-state index contributed by atoms with van der Waals surface area (Å²) in [6.07, 6.45) is 2.78. The van der Waals surface area contributed by atoms with E-state index in [4.69, 9.17) is 9.26 Å². The van der Waals surface area contributed by atoms with Gasteiger partial charge in [0.2, 0.25) is 11.8 Å². The summed E-state index contributed by atoms with van der Waals surface area (Å²) in [6.45, 7) is 5.68. The Balaban J connectivity index is 1.71. The molecule has 2 fully saturated rings. The van der Waals surface area contributed by atoms with Crippen LogP contribution in [0.3, 0.4) is 0 Å². The van der Waals surface area contributed by atoms with Gasteiger partial charge in [-0.2, -0.15) is 0 Å². The molecule has 2 heterocycles. The molecule has 0 bridgehead atoms. The van der Waals surface area contributed by atoms with E-state index in [0.717, 1.165) is 24.8 Å². The number of anilines is 1. The smallest absolute Gasteiger partial charge is 0.233 e. The summed E-state index contributed by atoms with van der Waals surface area (Å²) in [5.41, 5.74) is 1.65. The van der Waals surface area contributed by atoms with Gasteiger partial charge >= 0.3 is 0 Å². The second kappa shape index (κ2) is 8.31. The van der Waals surface area contributed by atoms with Crippen molar-refractivity contribution in [3.8, 4) is 11.3 Å². The molecule has 0 atom stereocenters. The highest BCUT2D eigenvalue weighted by molar-refractivity contribution is 5.81. The zero-order chi connectivity index (χ0) is 19.5. The molecule has 6 nitrogen and oxygen atoms in total. The Morgan fingerprint density at radius 3 is 2.71 bits per heavy atom. The predicted molar refractivity (Wildman–Crippen MR) is 103 cm³/mol. The number of aromatic nitrogens is 1. The van der Waals surface area contributed by atoms with Gasteiger partial charge in [-0.3, -0.25) is 4.79 Å². The molecule has 1 aromatic carbocycles. The molecule has 2 aliphatic rings. The summed E-state index contributed by atoms with van der Waals surface area (Å²) < 4.78 is 25.6. The van der Waals surface area contributed by atoms with E-state index in [2.05, 4.69) is 17.0 Å². The van der Waals surface area contributed by atoms with Gasteiger partial charge in [0.1, 0.15) is 11.5 Å². The fourth-order valence-electron chi connectivity index (χ4n) is 3.64. The Morgan fingerprint density at radius 2 is 2.04 bits per heavy atom. The zero-order valence-electron chi connectivity index (χ0n) is 16.2. The number of halogens is 1. The van der Waals surface area contributed by atoms with Crippen LogP contribution in [0.15, 0.2) is 28.8 Å². The molecular weight excluding hydrogens is 361 g/mol. The molecule has 4 rings (SSSR count). The van der Waals surface area contributed by atoms with E-state index in [9.17, 15) is 9.18 Å². The highest BCUT2D eigenvalue weighted by Gasteiger charge is 2.35. The van der Waals surface area contributed by atoms with Crippen LogP contribution in [-0.4, -0.2) is 48.8 Å². The predicted octanol–water partition coefficient (Wildman–Crippen LogP) is 3.47. The summed E-state index contributed by atoms with van der Waals surface area (Å²) >= 11 is 0. The molecule has 1 saturated carbocycles. The van der Waals surface area contributed by atoms with E-state index in [1.807, 2.05) is 4.90 Å². The number of benzene rings is 1. The van der Waals surface area contributed by atoms with Gasteiger partial charge in [-0.05, 0) is 31.4 Å². The first kappa shape index (κ1) is 18.9. The number of hydrogen-bond donors (Lipinski definition) is 0. The third-order valence-corrected chi connectivity index (χ3v) is 5.28. The minimum Gasteiger partial charge on any atom is -0.378 e. The number of hydrogen-bond acceptors (Lipinski definition) is 5. The third-order valence-electron chi connectivity index (χ3n) is 5.28. The summed E-state index contributed by atoms with van der Waals surface area (Å²) in [5.74, 6) is 0.581. The largest absolute Gasteiger partial charge is 0.378 e. The van der Waals surface area contributed by atoms with E-state index in [0.29, 0.717) is 56.5 Å². The fourth-order valence-corrected chi connectivity index (χ4v) is 3.64. The summed E-state index contributed by atoms with van der Waals surface area (Å²) in [7, 11) is 0. The SMILES string of the molecule is CCCN(Cc1c(-c2ccccc2F)noc1N1CCOCC1)C(=O)C1CC1. The molecule has 150 valence electrons. The van der Waals surface area contributed by atoms with Gasteiger partial charge < -0.3 is 19.1 Å². The lowest BCUT2D eigenvalue weighted by Crippen LogP contribution is -2.37. The van der Waals surface area contributed by atoms with E-state index >= 15 is 0 Å². The number of rotatable bonds is 7. The summed E-state index contributed by atoms with van der Waals surface area (Å²) in [5, 5.41) is 4.22. The minimum atomic E-state index is -0.346. The maximum atomic E-state index is 14.5. The van der Waals surface area contributed by atoms with Crippen LogP contribution in [0.1, 0.15) is 31.7 Å². The van der Waals surface area contributed by atoms with Crippen molar-refractivity contribution in [3.05, 3.63) is 35.6 Å². The molecule has 0 radical (unpaired) electrons. The topological polar surface area (TPSA) is 58.8 Å². The van der Waals surface area contributed by atoms with Crippen LogP contribution in [0.2, 0.25) is 0 Å². The van der Waals surface area contributed by atoms with E-state index < -0.39 is 0 Å². The highest BCUT2D eigenvalue weighted by atomic mass is 19.1. The number of ether oxygens (including phenoxy) is 1. The zero-order valence-corrected chi connectivity index (χ0v) is 16.2. The molecule has 2 aromatic rings. The molecule has 1 aliphatic heterocycles. The molecule has 7 heteroatoms. The lowest BCUT2D eigenvalue weighted by Gasteiger charge is -2.28. The number of nitrogens with zero attached hydrogens (tertiary/aromatic N) is 3. The van der Waals surface area contributed by atoms with Crippen LogP contribution in [0.25, 0.3) is 11.3 Å². The standard InChI is InChI=1S/C21H26FN3O3/c1-2-9-25(20(26)15-7-8-15)14-17-19(16-5-3-4-6-18(16)22)23-28-21(17)24-10-12-27-13-11-24/h3-6,15H,2,7-14H2,1H3. The van der Waals surface area contributed by atoms with Gasteiger partial charge in [0.15, 0.2) is 0 Å². The van der Waals surface area contributed by atoms with Gasteiger partial charge in [0.05, 0.1) is 25.3 Å². The first-order chi connectivity index (χ1) is 13.7. The molecular formula is C21H26FN3O3. The van der Waals surface area contributed by atoms with E-state index in [1.165, 1.54) is 6.07 Å². The van der Waals surface area contributed by atoms with Crippen molar-refractivity contribution in [1.29, 1.82) is 0 Å². The van der Waals surface area contributed by atoms with Crippen molar-refractivity contribution in [2.75, 3.05) is 37.7 Å². The Labute approximate surface area is 164 Å². The Kier molecular flexibility index (Phi) is 5.62. The third kappa shape index (κ3) is 3.90. The van der Waals surface area contributed by atoms with E-state index in [-0.39, 0.29) is 17.6 Å². The second-order valence-corrected chi connectivity index (χ2v) is 7.43. The Morgan fingerprint density at radius 1 is 1.29 bits per heavy atom. The van der Waals surface area contributed by atoms with Crippen molar-refractivity contribution in [3.63, 3.8) is 0 Å². The molecule has 1 saturated heterocycles. The average molecular weight is 387 g/mol. The fraction of sp³-hybridized carbons (Fsp3) is 0.524. The number of morpholine rings is 1. The van der Waals surface area contributed by atoms with Crippen LogP contribution in [0.4, 0.5) is 10.3 Å². The average Bonchev–Trinajstić information content (AvgIpc) is 3.49.